The number of nitrogens with one attached hydrogen (secondary N) is 1. The lowest BCUT2D eigenvalue weighted by Gasteiger charge is -2.12. The number of aliphatic hydroxyl groups excluding tert-OH is 1. The molecule has 1 rings (SSSR count). The van der Waals surface area contributed by atoms with Crippen molar-refractivity contribution in [1.29, 1.82) is 0 Å². The molecule has 0 saturated heterocycles. The molecule has 0 fully saturated rings. The monoisotopic (exact) mass is 362 g/mol. The summed E-state index contributed by atoms with van der Waals surface area (Å²) in [5.74, 6) is -2.59. The smallest absolute Gasteiger partial charge is 0.324 e. The SMILES string of the molecule is C[C@H](N)C(=O)O.O=C(O)[C@@H](CO)NS(=O)(=O)CCc1ccccc1. The van der Waals surface area contributed by atoms with E-state index in [1.165, 1.54) is 6.92 Å². The lowest BCUT2D eigenvalue weighted by atomic mass is 10.2. The molecule has 0 amide bonds. The van der Waals surface area contributed by atoms with Gasteiger partial charge in [0.1, 0.15) is 12.1 Å². The zero-order valence-electron chi connectivity index (χ0n) is 13.1. The fraction of sp³-hybridized carbons (Fsp3) is 0.429. The van der Waals surface area contributed by atoms with Crippen LogP contribution in [0.15, 0.2) is 30.3 Å². The summed E-state index contributed by atoms with van der Waals surface area (Å²) >= 11 is 0. The molecular formula is C14H22N2O7S. The van der Waals surface area contributed by atoms with Crippen molar-refractivity contribution in [2.24, 2.45) is 5.73 Å². The first-order valence-electron chi connectivity index (χ1n) is 6.95. The van der Waals surface area contributed by atoms with E-state index in [1.807, 2.05) is 10.8 Å². The highest BCUT2D eigenvalue weighted by molar-refractivity contribution is 7.89. The van der Waals surface area contributed by atoms with E-state index in [9.17, 15) is 18.0 Å². The molecule has 0 aliphatic carbocycles. The average Bonchev–Trinajstić information content (AvgIpc) is 2.52. The Kier molecular flexibility index (Phi) is 9.81. The molecular weight excluding hydrogens is 340 g/mol. The molecule has 0 aliphatic rings. The molecule has 6 N–H and O–H groups in total. The van der Waals surface area contributed by atoms with Gasteiger partial charge in [-0.05, 0) is 18.9 Å². The van der Waals surface area contributed by atoms with Crippen LogP contribution in [0, 0.1) is 0 Å². The van der Waals surface area contributed by atoms with Crippen molar-refractivity contribution < 1.29 is 33.3 Å². The maximum Gasteiger partial charge on any atom is 0.324 e. The number of aliphatic carboxylic acids is 2. The van der Waals surface area contributed by atoms with Gasteiger partial charge in [0, 0.05) is 0 Å². The Hall–Kier alpha value is -2.01. The highest BCUT2D eigenvalue weighted by Crippen LogP contribution is 2.02. The van der Waals surface area contributed by atoms with Crippen LogP contribution in [0.3, 0.4) is 0 Å². The van der Waals surface area contributed by atoms with Gasteiger partial charge in [0.2, 0.25) is 10.0 Å². The lowest BCUT2D eigenvalue weighted by molar-refractivity contribution is -0.140. The molecule has 0 aliphatic heterocycles. The van der Waals surface area contributed by atoms with Crippen molar-refractivity contribution in [1.82, 2.24) is 4.72 Å². The van der Waals surface area contributed by atoms with Crippen molar-refractivity contribution in [3.05, 3.63) is 35.9 Å². The third kappa shape index (κ3) is 9.90. The van der Waals surface area contributed by atoms with Gasteiger partial charge in [-0.25, -0.2) is 8.42 Å². The van der Waals surface area contributed by atoms with Crippen LogP contribution in [0.5, 0.6) is 0 Å². The molecule has 0 saturated carbocycles. The predicted octanol–water partition coefficient (Wildman–Crippen LogP) is -0.988. The number of carbonyl (C=O) groups is 2. The van der Waals surface area contributed by atoms with Crippen LogP contribution in [-0.4, -0.2) is 60.1 Å². The molecule has 136 valence electrons. The number of carboxylic acids is 2. The molecule has 10 heteroatoms. The topological polar surface area (TPSA) is 167 Å². The highest BCUT2D eigenvalue weighted by Gasteiger charge is 2.22. The second-order valence-electron chi connectivity index (χ2n) is 4.87. The molecule has 0 radical (unpaired) electrons. The summed E-state index contributed by atoms with van der Waals surface area (Å²) in [6.45, 7) is 0.641. The van der Waals surface area contributed by atoms with Crippen LogP contribution >= 0.6 is 0 Å². The van der Waals surface area contributed by atoms with E-state index in [1.54, 1.807) is 24.3 Å². The minimum Gasteiger partial charge on any atom is -0.480 e. The van der Waals surface area contributed by atoms with Crippen LogP contribution in [0.2, 0.25) is 0 Å². The number of hydrogen-bond acceptors (Lipinski definition) is 6. The van der Waals surface area contributed by atoms with Gasteiger partial charge in [-0.2, -0.15) is 4.72 Å². The van der Waals surface area contributed by atoms with Crippen molar-refractivity contribution in [2.45, 2.75) is 25.4 Å². The molecule has 1 aromatic carbocycles. The van der Waals surface area contributed by atoms with E-state index < -0.39 is 40.7 Å². The predicted molar refractivity (Wildman–Crippen MR) is 86.9 cm³/mol. The normalized spacial score (nSPS) is 13.3. The minimum atomic E-state index is -3.73. The van der Waals surface area contributed by atoms with Crippen LogP contribution in [0.4, 0.5) is 0 Å². The summed E-state index contributed by atoms with van der Waals surface area (Å²) in [5.41, 5.74) is 5.68. The Balaban J connectivity index is 0.000000754. The third-order valence-corrected chi connectivity index (χ3v) is 4.08. The number of nitrogens with two attached hydrogens (primary N) is 1. The molecule has 24 heavy (non-hydrogen) atoms. The number of aliphatic hydroxyl groups is 1. The first kappa shape index (κ1) is 22.0. The van der Waals surface area contributed by atoms with Gasteiger partial charge in [0.25, 0.3) is 0 Å². The largest absolute Gasteiger partial charge is 0.480 e. The van der Waals surface area contributed by atoms with Gasteiger partial charge in [-0.3, -0.25) is 9.59 Å². The molecule has 1 aromatic rings. The van der Waals surface area contributed by atoms with E-state index in [0.717, 1.165) is 5.56 Å². The fourth-order valence-electron chi connectivity index (χ4n) is 1.34. The summed E-state index contributed by atoms with van der Waals surface area (Å²) in [5, 5.41) is 25.2. The van der Waals surface area contributed by atoms with Crippen LogP contribution < -0.4 is 10.5 Å². The molecule has 0 unspecified atom stereocenters. The Bertz CT molecular complexity index is 617. The maximum atomic E-state index is 11.6. The number of hydrogen-bond donors (Lipinski definition) is 5. The zero-order valence-corrected chi connectivity index (χ0v) is 13.9. The van der Waals surface area contributed by atoms with E-state index in [4.69, 9.17) is 21.1 Å². The van der Waals surface area contributed by atoms with Gasteiger partial charge in [-0.15, -0.1) is 0 Å². The van der Waals surface area contributed by atoms with Crippen molar-refractivity contribution in [2.75, 3.05) is 12.4 Å². The van der Waals surface area contributed by atoms with E-state index in [2.05, 4.69) is 0 Å². The van der Waals surface area contributed by atoms with Crippen LogP contribution in [-0.2, 0) is 26.0 Å². The molecule has 0 heterocycles. The Labute approximate surface area is 140 Å². The maximum absolute atomic E-state index is 11.6. The first-order valence-corrected chi connectivity index (χ1v) is 8.60. The second-order valence-corrected chi connectivity index (χ2v) is 6.75. The van der Waals surface area contributed by atoms with Crippen molar-refractivity contribution in [3.63, 3.8) is 0 Å². The van der Waals surface area contributed by atoms with E-state index in [-0.39, 0.29) is 12.2 Å². The van der Waals surface area contributed by atoms with Crippen molar-refractivity contribution >= 4 is 22.0 Å². The van der Waals surface area contributed by atoms with Gasteiger partial charge < -0.3 is 21.1 Å². The minimum absolute atomic E-state index is 0.221. The summed E-state index contributed by atoms with van der Waals surface area (Å²) in [7, 11) is -3.73. The fourth-order valence-corrected chi connectivity index (χ4v) is 2.57. The number of rotatable bonds is 8. The number of sulfonamides is 1. The highest BCUT2D eigenvalue weighted by atomic mass is 32.2. The third-order valence-electron chi connectivity index (χ3n) is 2.69. The van der Waals surface area contributed by atoms with Gasteiger partial charge >= 0.3 is 11.9 Å². The van der Waals surface area contributed by atoms with E-state index >= 15 is 0 Å². The molecule has 9 nitrogen and oxygen atoms in total. The Morgan fingerprint density at radius 1 is 1.17 bits per heavy atom. The van der Waals surface area contributed by atoms with Gasteiger partial charge in [-0.1, -0.05) is 30.3 Å². The summed E-state index contributed by atoms with van der Waals surface area (Å²) in [4.78, 5) is 20.2. The molecule has 0 spiro atoms. The Morgan fingerprint density at radius 3 is 2.04 bits per heavy atom. The number of carboxylic acid groups (broad SMARTS) is 2. The zero-order chi connectivity index (χ0) is 18.8. The van der Waals surface area contributed by atoms with E-state index in [0.29, 0.717) is 0 Å². The summed E-state index contributed by atoms with van der Waals surface area (Å²) < 4.78 is 25.1. The number of aryl methyl sites for hydroxylation is 1. The van der Waals surface area contributed by atoms with Crippen LogP contribution in [0.1, 0.15) is 12.5 Å². The molecule has 0 bridgehead atoms. The molecule has 2 atom stereocenters. The second kappa shape index (κ2) is 10.7. The van der Waals surface area contributed by atoms with Crippen LogP contribution in [0.25, 0.3) is 0 Å². The average molecular weight is 362 g/mol. The standard InChI is InChI=1S/C11H15NO5S.C3H7NO2/c13-8-10(11(14)15)12-18(16,17)7-6-9-4-2-1-3-5-9;1-2(4)3(5)6/h1-5,10,12-13H,6-8H2,(H,14,15);2H,4H2,1H3,(H,5,6)/t10-;2-/m10/s1. The van der Waals surface area contributed by atoms with Gasteiger partial charge in [0.05, 0.1) is 12.4 Å². The first-order chi connectivity index (χ1) is 11.1. The number of benzene rings is 1. The van der Waals surface area contributed by atoms with Crippen molar-refractivity contribution in [3.8, 4) is 0 Å². The Morgan fingerprint density at radius 2 is 1.67 bits per heavy atom. The van der Waals surface area contributed by atoms with Gasteiger partial charge in [0.15, 0.2) is 0 Å². The summed E-state index contributed by atoms with van der Waals surface area (Å²) in [6, 6.07) is 6.76. The molecule has 0 aromatic heterocycles. The summed E-state index contributed by atoms with van der Waals surface area (Å²) in [6.07, 6.45) is 0.286. The quantitative estimate of drug-likeness (QED) is 0.393. The lowest BCUT2D eigenvalue weighted by Crippen LogP contribution is -2.44.